The van der Waals surface area contributed by atoms with Crippen LogP contribution in [-0.4, -0.2) is 22.8 Å². The van der Waals surface area contributed by atoms with Crippen LogP contribution in [0, 0.1) is 5.92 Å². The highest BCUT2D eigenvalue weighted by Gasteiger charge is 2.37. The number of carbonyl (C=O) groups excluding carboxylic acids is 2. The van der Waals surface area contributed by atoms with Gasteiger partial charge in [0.25, 0.3) is 5.91 Å². The zero-order chi connectivity index (χ0) is 16.4. The summed E-state index contributed by atoms with van der Waals surface area (Å²) in [5.74, 6) is 0.478. The summed E-state index contributed by atoms with van der Waals surface area (Å²) in [5.41, 5.74) is 1.67. The van der Waals surface area contributed by atoms with Gasteiger partial charge in [0.15, 0.2) is 0 Å². The van der Waals surface area contributed by atoms with E-state index in [1.165, 1.54) is 0 Å². The molecule has 1 aliphatic rings. The van der Waals surface area contributed by atoms with Gasteiger partial charge in [-0.15, -0.1) is 0 Å². The molecule has 0 saturated heterocycles. The maximum absolute atomic E-state index is 12.6. The van der Waals surface area contributed by atoms with E-state index in [-0.39, 0.29) is 17.7 Å². The van der Waals surface area contributed by atoms with Gasteiger partial charge >= 0.3 is 0 Å². The smallest absolute Gasteiger partial charge is 0.255 e. The summed E-state index contributed by atoms with van der Waals surface area (Å²) >= 11 is 0. The lowest BCUT2D eigenvalue weighted by atomic mass is 10.0. The van der Waals surface area contributed by atoms with Gasteiger partial charge < -0.3 is 14.6 Å². The van der Waals surface area contributed by atoms with E-state index in [2.05, 4.69) is 5.32 Å². The molecule has 2 aromatic rings. The molecule has 1 atom stereocenters. The van der Waals surface area contributed by atoms with E-state index >= 15 is 0 Å². The summed E-state index contributed by atoms with van der Waals surface area (Å²) in [4.78, 5) is 26.9. The van der Waals surface area contributed by atoms with Crippen LogP contribution in [0.15, 0.2) is 47.1 Å². The van der Waals surface area contributed by atoms with Crippen molar-refractivity contribution in [3.63, 3.8) is 0 Å². The number of amides is 2. The highest BCUT2D eigenvalue weighted by Crippen LogP contribution is 2.27. The van der Waals surface area contributed by atoms with Crippen LogP contribution in [-0.2, 0) is 17.9 Å². The molecule has 1 N–H and O–H groups in total. The Hall–Kier alpha value is -2.56. The zero-order valence-electron chi connectivity index (χ0n) is 13.3. The Morgan fingerprint density at radius 1 is 1.26 bits per heavy atom. The van der Waals surface area contributed by atoms with Gasteiger partial charge in [0, 0.05) is 12.1 Å². The SMILES string of the molecule is CC(C)[C@@H](C(=O)NCc1ccco1)N1Cc2ccccc2C1=O. The number of furan rings is 1. The van der Waals surface area contributed by atoms with Crippen LogP contribution in [0.4, 0.5) is 0 Å². The molecule has 120 valence electrons. The fraction of sp³-hybridized carbons (Fsp3) is 0.333. The predicted octanol–water partition coefficient (Wildman–Crippen LogP) is 2.58. The first-order valence-electron chi connectivity index (χ1n) is 7.77. The number of nitrogens with one attached hydrogen (secondary N) is 1. The minimum Gasteiger partial charge on any atom is -0.467 e. The molecule has 5 nitrogen and oxygen atoms in total. The molecule has 0 unspecified atom stereocenters. The predicted molar refractivity (Wildman–Crippen MR) is 85.5 cm³/mol. The molecule has 0 fully saturated rings. The fourth-order valence-electron chi connectivity index (χ4n) is 3.00. The topological polar surface area (TPSA) is 62.6 Å². The second-order valence-electron chi connectivity index (χ2n) is 6.08. The van der Waals surface area contributed by atoms with Crippen molar-refractivity contribution in [1.29, 1.82) is 0 Å². The van der Waals surface area contributed by atoms with Crippen molar-refractivity contribution in [2.45, 2.75) is 33.0 Å². The molecule has 0 bridgehead atoms. The Kier molecular flexibility index (Phi) is 4.19. The maximum atomic E-state index is 12.6. The Balaban J connectivity index is 1.75. The first kappa shape index (κ1) is 15.3. The summed E-state index contributed by atoms with van der Waals surface area (Å²) < 4.78 is 5.23. The number of hydrogen-bond acceptors (Lipinski definition) is 3. The van der Waals surface area contributed by atoms with Gasteiger partial charge in [-0.2, -0.15) is 0 Å². The van der Waals surface area contributed by atoms with Crippen molar-refractivity contribution in [2.24, 2.45) is 5.92 Å². The molecule has 3 rings (SSSR count). The Morgan fingerprint density at radius 3 is 2.70 bits per heavy atom. The molecule has 1 aliphatic heterocycles. The number of fused-ring (bicyclic) bond motifs is 1. The van der Waals surface area contributed by atoms with Gasteiger partial charge in [0.2, 0.25) is 5.91 Å². The minimum atomic E-state index is -0.495. The molecule has 0 saturated carbocycles. The Bertz CT molecular complexity index is 707. The van der Waals surface area contributed by atoms with Crippen molar-refractivity contribution in [3.05, 3.63) is 59.5 Å². The van der Waals surface area contributed by atoms with Crippen molar-refractivity contribution < 1.29 is 14.0 Å². The van der Waals surface area contributed by atoms with Crippen LogP contribution in [0.5, 0.6) is 0 Å². The van der Waals surface area contributed by atoms with Gasteiger partial charge in [0.05, 0.1) is 12.8 Å². The summed E-state index contributed by atoms with van der Waals surface area (Å²) in [5, 5.41) is 2.86. The highest BCUT2D eigenvalue weighted by atomic mass is 16.3. The first-order chi connectivity index (χ1) is 11.1. The van der Waals surface area contributed by atoms with Crippen LogP contribution < -0.4 is 5.32 Å². The second-order valence-corrected chi connectivity index (χ2v) is 6.08. The standard InChI is InChI=1S/C18H20N2O3/c1-12(2)16(17(21)19-10-14-7-5-9-23-14)20-11-13-6-3-4-8-15(13)18(20)22/h3-9,12,16H,10-11H2,1-2H3,(H,19,21)/t16-/m0/s1. The second kappa shape index (κ2) is 6.28. The van der Waals surface area contributed by atoms with Crippen LogP contribution in [0.3, 0.4) is 0 Å². The normalized spacial score (nSPS) is 14.9. The lowest BCUT2D eigenvalue weighted by Gasteiger charge is -2.29. The van der Waals surface area contributed by atoms with Crippen molar-refractivity contribution in [2.75, 3.05) is 0 Å². The molecule has 0 spiro atoms. The lowest BCUT2D eigenvalue weighted by molar-refractivity contribution is -0.127. The third-order valence-corrected chi connectivity index (χ3v) is 4.10. The van der Waals surface area contributed by atoms with Crippen LogP contribution in [0.1, 0.15) is 35.5 Å². The zero-order valence-corrected chi connectivity index (χ0v) is 13.3. The Morgan fingerprint density at radius 2 is 2.04 bits per heavy atom. The van der Waals surface area contributed by atoms with Crippen molar-refractivity contribution in [1.82, 2.24) is 10.2 Å². The van der Waals surface area contributed by atoms with E-state index in [1.54, 1.807) is 17.2 Å². The highest BCUT2D eigenvalue weighted by molar-refractivity contribution is 6.01. The molecule has 23 heavy (non-hydrogen) atoms. The third-order valence-electron chi connectivity index (χ3n) is 4.10. The largest absolute Gasteiger partial charge is 0.467 e. The maximum Gasteiger partial charge on any atom is 0.255 e. The van der Waals surface area contributed by atoms with Gasteiger partial charge in [-0.05, 0) is 29.7 Å². The number of rotatable bonds is 5. The molecule has 0 aliphatic carbocycles. The van der Waals surface area contributed by atoms with E-state index in [4.69, 9.17) is 4.42 Å². The van der Waals surface area contributed by atoms with Gasteiger partial charge in [-0.3, -0.25) is 9.59 Å². The molecule has 2 amide bonds. The fourth-order valence-corrected chi connectivity index (χ4v) is 3.00. The first-order valence-corrected chi connectivity index (χ1v) is 7.77. The van der Waals surface area contributed by atoms with Crippen molar-refractivity contribution >= 4 is 11.8 Å². The van der Waals surface area contributed by atoms with Crippen LogP contribution in [0.25, 0.3) is 0 Å². The molecule has 1 aromatic carbocycles. The van der Waals surface area contributed by atoms with E-state index in [0.717, 1.165) is 5.56 Å². The number of benzene rings is 1. The summed E-state index contributed by atoms with van der Waals surface area (Å²) in [6.45, 7) is 4.71. The van der Waals surface area contributed by atoms with Gasteiger partial charge in [0.1, 0.15) is 11.8 Å². The number of carbonyl (C=O) groups is 2. The van der Waals surface area contributed by atoms with Gasteiger partial charge in [-0.25, -0.2) is 0 Å². The van der Waals surface area contributed by atoms with E-state index < -0.39 is 6.04 Å². The van der Waals surface area contributed by atoms with Crippen LogP contribution in [0.2, 0.25) is 0 Å². The average Bonchev–Trinajstić information content (AvgIpc) is 3.15. The van der Waals surface area contributed by atoms with Crippen molar-refractivity contribution in [3.8, 4) is 0 Å². The monoisotopic (exact) mass is 312 g/mol. The number of nitrogens with zero attached hydrogens (tertiary/aromatic N) is 1. The molecule has 2 heterocycles. The molecule has 1 aromatic heterocycles. The number of hydrogen-bond donors (Lipinski definition) is 1. The van der Waals surface area contributed by atoms with E-state index in [0.29, 0.717) is 24.4 Å². The Labute approximate surface area is 135 Å². The van der Waals surface area contributed by atoms with Crippen LogP contribution >= 0.6 is 0 Å². The van der Waals surface area contributed by atoms with Gasteiger partial charge in [-0.1, -0.05) is 32.0 Å². The average molecular weight is 312 g/mol. The lowest BCUT2D eigenvalue weighted by Crippen LogP contribution is -2.49. The molecule has 0 radical (unpaired) electrons. The molecular formula is C18H20N2O3. The van der Waals surface area contributed by atoms with E-state index in [9.17, 15) is 9.59 Å². The molecule has 5 heteroatoms. The quantitative estimate of drug-likeness (QED) is 0.923. The third kappa shape index (κ3) is 2.99. The molecular weight excluding hydrogens is 292 g/mol. The summed E-state index contributed by atoms with van der Waals surface area (Å²) in [7, 11) is 0. The minimum absolute atomic E-state index is 0.0184. The van der Waals surface area contributed by atoms with E-state index in [1.807, 2.05) is 44.2 Å². The summed E-state index contributed by atoms with van der Waals surface area (Å²) in [6, 6.07) is 10.6. The summed E-state index contributed by atoms with van der Waals surface area (Å²) in [6.07, 6.45) is 1.57.